The van der Waals surface area contributed by atoms with Crippen molar-refractivity contribution >= 4 is 71.0 Å². The predicted octanol–water partition coefficient (Wildman–Crippen LogP) is -1.10. The Morgan fingerprint density at radius 2 is 1.72 bits per heavy atom. The molecule has 4 aromatic rings. The topological polar surface area (TPSA) is 272 Å². The van der Waals surface area contributed by atoms with Crippen LogP contribution in [-0.4, -0.2) is 105 Å². The van der Waals surface area contributed by atoms with E-state index in [2.05, 4.69) is 24.9 Å². The second-order valence-corrected chi connectivity index (χ2v) is 16.6. The van der Waals surface area contributed by atoms with Crippen LogP contribution in [0.5, 0.6) is 0 Å². The van der Waals surface area contributed by atoms with Gasteiger partial charge >= 0.3 is 13.4 Å². The normalized spacial score (nSPS) is 39.7. The van der Waals surface area contributed by atoms with Gasteiger partial charge in [0, 0.05) is 6.20 Å². The van der Waals surface area contributed by atoms with Crippen LogP contribution >= 0.6 is 13.4 Å². The monoisotopic (exact) mass is 717 g/mol. The first-order valence-corrected chi connectivity index (χ1v) is 18.8. The van der Waals surface area contributed by atoms with Crippen molar-refractivity contribution in [2.45, 2.75) is 48.6 Å². The number of nitrogens with one attached hydrogen (secondary N) is 1. The number of rotatable bonds is 2. The number of aliphatic hydroxyl groups is 1. The van der Waals surface area contributed by atoms with E-state index in [0.29, 0.717) is 16.9 Å². The van der Waals surface area contributed by atoms with Gasteiger partial charge in [-0.2, -0.15) is 4.98 Å². The van der Waals surface area contributed by atoms with Crippen LogP contribution < -0.4 is 17.0 Å². The first-order valence-electron chi connectivity index (χ1n) is 13.6. The van der Waals surface area contributed by atoms with Crippen molar-refractivity contribution in [1.82, 2.24) is 34.1 Å². The minimum absolute atomic E-state index is 0.00190. The number of aromatic nitrogens is 7. The summed E-state index contributed by atoms with van der Waals surface area (Å²) in [6.45, 7) is -9.33. The first-order chi connectivity index (χ1) is 21.8. The molecule has 0 radical (unpaired) electrons. The van der Waals surface area contributed by atoms with Crippen LogP contribution in [-0.2, 0) is 55.9 Å². The third-order valence-electron chi connectivity index (χ3n) is 8.15. The Morgan fingerprint density at radius 1 is 0.978 bits per heavy atom. The molecule has 8 N–H and O–H groups in total. The van der Waals surface area contributed by atoms with Gasteiger partial charge in [-0.1, -0.05) is 0 Å². The van der Waals surface area contributed by atoms with E-state index in [1.807, 2.05) is 0 Å². The van der Waals surface area contributed by atoms with Crippen LogP contribution in [0.15, 0.2) is 29.7 Å². The number of hydrogen-bond acceptors (Lipinski definition) is 17. The number of imidazole rings is 2. The van der Waals surface area contributed by atoms with E-state index in [9.17, 15) is 19.7 Å². The molecule has 0 aliphatic carbocycles. The molecule has 4 aliphatic heterocycles. The highest BCUT2D eigenvalue weighted by molar-refractivity contribution is 8.07. The summed E-state index contributed by atoms with van der Waals surface area (Å²) in [5, 5.41) is 11.2. The van der Waals surface area contributed by atoms with Gasteiger partial charge in [-0.3, -0.25) is 28.0 Å². The molecule has 0 amide bonds. The fourth-order valence-electron chi connectivity index (χ4n) is 6.05. The average Bonchev–Trinajstić information content (AvgIpc) is 3.80. The van der Waals surface area contributed by atoms with Crippen LogP contribution in [0.2, 0.25) is 0 Å². The van der Waals surface area contributed by atoms with Crippen LogP contribution in [0.25, 0.3) is 22.3 Å². The van der Waals surface area contributed by atoms with E-state index >= 15 is 0 Å². The molecule has 246 valence electrons. The van der Waals surface area contributed by atoms with Gasteiger partial charge in [0.05, 0.1) is 38.2 Å². The summed E-state index contributed by atoms with van der Waals surface area (Å²) in [6.07, 6.45) is -4.02. The second-order valence-electron chi connectivity index (χ2n) is 11.0. The number of nitrogens with two attached hydrogens (primary N) is 2. The Morgan fingerprint density at radius 3 is 2.52 bits per heavy atom. The maximum absolute atomic E-state index is 12.4. The van der Waals surface area contributed by atoms with Crippen LogP contribution in [0.3, 0.4) is 0 Å². The minimum atomic E-state index is -4.21. The summed E-state index contributed by atoms with van der Waals surface area (Å²) in [5.74, 6) is -0.199. The Balaban J connectivity index is 1.14. The third-order valence-corrected chi connectivity index (χ3v) is 11.2. The quantitative estimate of drug-likeness (QED) is 0.134. The fraction of sp³-hybridized carbons (Fsp3) is 0.500. The molecule has 4 bridgehead atoms. The molecule has 8 heterocycles. The summed E-state index contributed by atoms with van der Waals surface area (Å²) in [5.41, 5.74) is 10.9. The highest BCUT2D eigenvalue weighted by Crippen LogP contribution is 2.58. The maximum Gasteiger partial charge on any atom is 0.325 e. The maximum atomic E-state index is 12.4. The SMILES string of the molecule is Nc1nc2c(ncn2[C@@H]2O[C@@H]3COP(O)(=S)O[C@H]4[C@H]5OC[C@]4(COP(O)(=S)O[C@H]2[C@@H]3O)O[C@H]5n2cnc3c(N)ccnc32)c(=O)[nH]1. The Bertz CT molecular complexity index is 2030. The summed E-state index contributed by atoms with van der Waals surface area (Å²) in [4.78, 5) is 54.1. The largest absolute Gasteiger partial charge is 0.397 e. The highest BCUT2D eigenvalue weighted by atomic mass is 32.5. The predicted molar refractivity (Wildman–Crippen MR) is 162 cm³/mol. The molecule has 4 saturated heterocycles. The number of aliphatic hydroxyl groups excluding tert-OH is 1. The van der Waals surface area contributed by atoms with Crippen LogP contribution in [0, 0.1) is 0 Å². The number of H-pyrrole nitrogens is 1. The summed E-state index contributed by atoms with van der Waals surface area (Å²) < 4.78 is 44.7. The third kappa shape index (κ3) is 4.92. The molecule has 4 aromatic heterocycles. The number of aromatic amines is 1. The van der Waals surface area contributed by atoms with E-state index in [4.69, 9.17) is 67.4 Å². The van der Waals surface area contributed by atoms with Gasteiger partial charge in [-0.05, 0) is 29.7 Å². The lowest BCUT2D eigenvalue weighted by Crippen LogP contribution is -2.45. The molecule has 24 heteroatoms. The van der Waals surface area contributed by atoms with Gasteiger partial charge in [0.2, 0.25) is 5.95 Å². The lowest BCUT2D eigenvalue weighted by atomic mass is 10.0. The Labute approximate surface area is 267 Å². The molecule has 4 fully saturated rings. The van der Waals surface area contributed by atoms with E-state index in [1.165, 1.54) is 23.4 Å². The molecule has 8 rings (SSSR count). The van der Waals surface area contributed by atoms with E-state index in [1.54, 1.807) is 10.6 Å². The number of anilines is 2. The molecular formula is C22H25N9O11P2S2. The number of ether oxygens (including phenoxy) is 3. The molecule has 2 unspecified atom stereocenters. The van der Waals surface area contributed by atoms with Gasteiger partial charge in [-0.25, -0.2) is 15.0 Å². The fourth-order valence-corrected chi connectivity index (χ4v) is 8.95. The van der Waals surface area contributed by atoms with Crippen molar-refractivity contribution in [1.29, 1.82) is 0 Å². The minimum Gasteiger partial charge on any atom is -0.397 e. The summed E-state index contributed by atoms with van der Waals surface area (Å²) in [6, 6.07) is 1.61. The molecule has 0 spiro atoms. The number of hydrogen-bond donors (Lipinski definition) is 6. The summed E-state index contributed by atoms with van der Waals surface area (Å²) >= 11 is 10.7. The Kier molecular flexibility index (Phi) is 7.19. The lowest BCUT2D eigenvalue weighted by molar-refractivity contribution is -0.183. The molecular weight excluding hydrogens is 692 g/mol. The summed E-state index contributed by atoms with van der Waals surface area (Å²) in [7, 11) is 0. The van der Waals surface area contributed by atoms with Crippen molar-refractivity contribution in [2.24, 2.45) is 0 Å². The molecule has 0 aromatic carbocycles. The van der Waals surface area contributed by atoms with E-state index in [-0.39, 0.29) is 23.7 Å². The number of fused-ring (bicyclic) bond motifs is 4. The van der Waals surface area contributed by atoms with Gasteiger partial charge in [0.25, 0.3) is 5.56 Å². The van der Waals surface area contributed by atoms with Crippen LogP contribution in [0.1, 0.15) is 12.5 Å². The smallest absolute Gasteiger partial charge is 0.325 e. The molecule has 10 atom stereocenters. The Hall–Kier alpha value is -2.53. The number of nitrogen functional groups attached to an aromatic ring is 2. The zero-order valence-electron chi connectivity index (χ0n) is 23.1. The first kappa shape index (κ1) is 30.8. The van der Waals surface area contributed by atoms with E-state index in [0.717, 1.165) is 0 Å². The van der Waals surface area contributed by atoms with Crippen molar-refractivity contribution in [3.8, 4) is 0 Å². The molecule has 4 aliphatic rings. The van der Waals surface area contributed by atoms with Crippen molar-refractivity contribution in [2.75, 3.05) is 31.3 Å². The van der Waals surface area contributed by atoms with Crippen molar-refractivity contribution in [3.63, 3.8) is 0 Å². The number of nitrogens with zero attached hydrogens (tertiary/aromatic N) is 6. The van der Waals surface area contributed by atoms with Crippen molar-refractivity contribution in [3.05, 3.63) is 35.3 Å². The second kappa shape index (κ2) is 10.7. The van der Waals surface area contributed by atoms with E-state index < -0.39 is 80.8 Å². The van der Waals surface area contributed by atoms with Gasteiger partial charge < -0.3 is 49.6 Å². The number of pyridine rings is 1. The van der Waals surface area contributed by atoms with Gasteiger partial charge in [0.1, 0.15) is 41.6 Å². The molecule has 46 heavy (non-hydrogen) atoms. The zero-order chi connectivity index (χ0) is 32.2. The lowest BCUT2D eigenvalue weighted by Gasteiger charge is -2.33. The average molecular weight is 718 g/mol. The standard InChI is InChI=1S/C22H25N9O11P2S2/c23-8-1-2-25-16-10(8)26-6-30(16)20-14-15-22(40-20,4-36-14)5-38-44(35,46)41-13-12(32)9(3-37-43(34,45)42-15)39-19(13)31-7-27-11-17(31)28-21(24)29-18(11)33/h1-2,6-7,9,12-15,19-20,32H,3-5H2,(H2,23,25)(H,34,45)(H,35,46)(H3,24,28,29,33)/t9-,12-,13+,14-,15+,19-,20-,22-,43?,44?/m1/s1. The molecule has 0 saturated carbocycles. The zero-order valence-corrected chi connectivity index (χ0v) is 26.6. The van der Waals surface area contributed by atoms with Crippen LogP contribution in [0.4, 0.5) is 11.6 Å². The molecule has 20 nitrogen and oxygen atoms in total. The van der Waals surface area contributed by atoms with Gasteiger partial charge in [-0.15, -0.1) is 0 Å². The highest BCUT2D eigenvalue weighted by Gasteiger charge is 2.65. The van der Waals surface area contributed by atoms with Crippen molar-refractivity contribution < 1.29 is 47.2 Å². The van der Waals surface area contributed by atoms with Gasteiger partial charge in [0.15, 0.2) is 29.3 Å².